The largest absolute Gasteiger partial charge is 0.217 e. The molecule has 0 amide bonds. The van der Waals surface area contributed by atoms with Gasteiger partial charge in [0.25, 0.3) is 0 Å². The highest BCUT2D eigenvalue weighted by molar-refractivity contribution is 5.83. The second-order valence-electron chi connectivity index (χ2n) is 10.2. The van der Waals surface area contributed by atoms with Crippen molar-refractivity contribution >= 4 is 0 Å². The molecule has 0 aliphatic carbocycles. The summed E-state index contributed by atoms with van der Waals surface area (Å²) in [5.74, 6) is 1.32. The molecule has 0 spiro atoms. The van der Waals surface area contributed by atoms with Crippen LogP contribution in [0.1, 0.15) is 0 Å². The molecular weight excluding hydrogens is 510 g/mol. The molecule has 1 heterocycles. The highest BCUT2D eigenvalue weighted by atomic mass is 15.0. The first-order valence-electron chi connectivity index (χ1n) is 14.0. The van der Waals surface area contributed by atoms with Crippen molar-refractivity contribution in [2.45, 2.75) is 0 Å². The predicted molar refractivity (Wildman–Crippen MR) is 172 cm³/mol. The van der Waals surface area contributed by atoms with Gasteiger partial charge in [0.15, 0.2) is 11.6 Å². The summed E-state index contributed by atoms with van der Waals surface area (Å²) < 4.78 is 0. The fraction of sp³-hybridized carbons (Fsp3) is 0. The van der Waals surface area contributed by atoms with E-state index in [1.54, 1.807) is 6.33 Å². The Hall–Kier alpha value is -5.67. The minimum atomic E-state index is 0.657. The Morgan fingerprint density at radius 3 is 1.12 bits per heavy atom. The van der Waals surface area contributed by atoms with E-state index in [2.05, 4.69) is 131 Å². The lowest BCUT2D eigenvalue weighted by Gasteiger charge is -2.13. The molecule has 0 unspecified atom stereocenters. The number of hydrogen-bond donors (Lipinski definition) is 0. The molecule has 6 aromatic carbocycles. The summed E-state index contributed by atoms with van der Waals surface area (Å²) in [4.78, 5) is 13.7. The van der Waals surface area contributed by atoms with Gasteiger partial charge >= 0.3 is 0 Å². The van der Waals surface area contributed by atoms with Gasteiger partial charge in [0.05, 0.1) is 0 Å². The standard InChI is InChI=1S/C39H27N3/c1-4-12-28(13-5-1)35-24-36(29-14-6-2-7-15-29)26-37(25-35)33-20-10-18-31(22-33)32-19-11-21-34(23-32)39-41-27-40-38(42-39)30-16-8-3-9-17-30/h1-27H. The quantitative estimate of drug-likeness (QED) is 0.212. The van der Waals surface area contributed by atoms with Gasteiger partial charge in [-0.3, -0.25) is 0 Å². The summed E-state index contributed by atoms with van der Waals surface area (Å²) in [5.41, 5.74) is 11.3. The van der Waals surface area contributed by atoms with Crippen LogP contribution in [-0.2, 0) is 0 Å². The molecule has 0 saturated heterocycles. The highest BCUT2D eigenvalue weighted by Crippen LogP contribution is 2.35. The van der Waals surface area contributed by atoms with E-state index in [4.69, 9.17) is 4.98 Å². The normalized spacial score (nSPS) is 10.9. The van der Waals surface area contributed by atoms with Crippen molar-refractivity contribution in [2.24, 2.45) is 0 Å². The maximum atomic E-state index is 4.77. The summed E-state index contributed by atoms with van der Waals surface area (Å²) in [5, 5.41) is 0. The number of aromatic nitrogens is 3. The summed E-state index contributed by atoms with van der Waals surface area (Å²) in [6.45, 7) is 0. The molecule has 7 aromatic rings. The van der Waals surface area contributed by atoms with E-state index in [9.17, 15) is 0 Å². The first-order valence-corrected chi connectivity index (χ1v) is 14.0. The van der Waals surface area contributed by atoms with Gasteiger partial charge in [-0.05, 0) is 74.8 Å². The van der Waals surface area contributed by atoms with Gasteiger partial charge in [0.2, 0.25) is 0 Å². The van der Waals surface area contributed by atoms with Crippen molar-refractivity contribution in [3.05, 3.63) is 164 Å². The molecule has 0 saturated carbocycles. The maximum Gasteiger partial charge on any atom is 0.163 e. The van der Waals surface area contributed by atoms with Crippen LogP contribution >= 0.6 is 0 Å². The first-order chi connectivity index (χ1) is 20.8. The van der Waals surface area contributed by atoms with Crippen molar-refractivity contribution in [2.75, 3.05) is 0 Å². The number of rotatable bonds is 6. The maximum absolute atomic E-state index is 4.77. The summed E-state index contributed by atoms with van der Waals surface area (Å²) in [6.07, 6.45) is 1.59. The van der Waals surface area contributed by atoms with Crippen molar-refractivity contribution in [3.63, 3.8) is 0 Å². The Morgan fingerprint density at radius 2 is 0.595 bits per heavy atom. The van der Waals surface area contributed by atoms with Gasteiger partial charge in [-0.25, -0.2) is 15.0 Å². The lowest BCUT2D eigenvalue weighted by atomic mass is 9.92. The van der Waals surface area contributed by atoms with Crippen molar-refractivity contribution in [3.8, 4) is 67.3 Å². The topological polar surface area (TPSA) is 38.7 Å². The molecule has 7 rings (SSSR count). The summed E-state index contributed by atoms with van der Waals surface area (Å²) >= 11 is 0. The van der Waals surface area contributed by atoms with Crippen LogP contribution < -0.4 is 0 Å². The molecule has 1 aromatic heterocycles. The molecule has 0 fully saturated rings. The zero-order valence-electron chi connectivity index (χ0n) is 22.9. The summed E-state index contributed by atoms with van der Waals surface area (Å²) in [6, 6.07) is 55.1. The van der Waals surface area contributed by atoms with Gasteiger partial charge in [0.1, 0.15) is 6.33 Å². The second-order valence-corrected chi connectivity index (χ2v) is 10.2. The Labute approximate surface area is 245 Å². The van der Waals surface area contributed by atoms with Crippen LogP contribution in [0.4, 0.5) is 0 Å². The van der Waals surface area contributed by atoms with E-state index in [-0.39, 0.29) is 0 Å². The lowest BCUT2D eigenvalue weighted by molar-refractivity contribution is 1.07. The number of nitrogens with zero attached hydrogens (tertiary/aromatic N) is 3. The highest BCUT2D eigenvalue weighted by Gasteiger charge is 2.10. The van der Waals surface area contributed by atoms with E-state index in [0.29, 0.717) is 11.6 Å². The molecule has 0 N–H and O–H groups in total. The molecule has 42 heavy (non-hydrogen) atoms. The van der Waals surface area contributed by atoms with E-state index in [1.165, 1.54) is 33.4 Å². The average Bonchev–Trinajstić information content (AvgIpc) is 3.09. The van der Waals surface area contributed by atoms with Crippen LogP contribution in [-0.4, -0.2) is 15.0 Å². The third-order valence-corrected chi connectivity index (χ3v) is 7.40. The van der Waals surface area contributed by atoms with E-state index in [1.807, 2.05) is 36.4 Å². The van der Waals surface area contributed by atoms with Crippen LogP contribution in [0, 0.1) is 0 Å². The predicted octanol–water partition coefficient (Wildman–Crippen LogP) is 9.87. The van der Waals surface area contributed by atoms with Gasteiger partial charge in [-0.1, -0.05) is 127 Å². The molecule has 198 valence electrons. The molecule has 0 radical (unpaired) electrons. The van der Waals surface area contributed by atoms with Crippen molar-refractivity contribution < 1.29 is 0 Å². The van der Waals surface area contributed by atoms with Crippen LogP contribution in [0.5, 0.6) is 0 Å². The molecule has 3 heteroatoms. The minimum Gasteiger partial charge on any atom is -0.217 e. The third kappa shape index (κ3) is 5.36. The molecule has 0 atom stereocenters. The molecular formula is C39H27N3. The lowest BCUT2D eigenvalue weighted by Crippen LogP contribution is -1.95. The molecule has 3 nitrogen and oxygen atoms in total. The smallest absolute Gasteiger partial charge is 0.163 e. The number of benzene rings is 6. The zero-order chi connectivity index (χ0) is 28.1. The zero-order valence-corrected chi connectivity index (χ0v) is 22.9. The Morgan fingerprint density at radius 1 is 0.262 bits per heavy atom. The molecule has 0 aliphatic rings. The average molecular weight is 538 g/mol. The van der Waals surface area contributed by atoms with Crippen molar-refractivity contribution in [1.82, 2.24) is 15.0 Å². The third-order valence-electron chi connectivity index (χ3n) is 7.40. The summed E-state index contributed by atoms with van der Waals surface area (Å²) in [7, 11) is 0. The van der Waals surface area contributed by atoms with Crippen LogP contribution in [0.15, 0.2) is 164 Å². The molecule has 0 aliphatic heterocycles. The van der Waals surface area contributed by atoms with Crippen LogP contribution in [0.2, 0.25) is 0 Å². The van der Waals surface area contributed by atoms with Gasteiger partial charge in [0, 0.05) is 11.1 Å². The number of hydrogen-bond acceptors (Lipinski definition) is 3. The first kappa shape index (κ1) is 25.3. The monoisotopic (exact) mass is 537 g/mol. The van der Waals surface area contributed by atoms with Gasteiger partial charge in [-0.15, -0.1) is 0 Å². The van der Waals surface area contributed by atoms with Gasteiger partial charge < -0.3 is 0 Å². The van der Waals surface area contributed by atoms with Gasteiger partial charge in [-0.2, -0.15) is 0 Å². The Bertz CT molecular complexity index is 1910. The molecule has 0 bridgehead atoms. The van der Waals surface area contributed by atoms with E-state index in [0.717, 1.165) is 22.3 Å². The second kappa shape index (κ2) is 11.4. The Balaban J connectivity index is 1.28. The fourth-order valence-corrected chi connectivity index (χ4v) is 5.27. The van der Waals surface area contributed by atoms with Crippen molar-refractivity contribution in [1.29, 1.82) is 0 Å². The van der Waals surface area contributed by atoms with Crippen LogP contribution in [0.3, 0.4) is 0 Å². The minimum absolute atomic E-state index is 0.657. The fourth-order valence-electron chi connectivity index (χ4n) is 5.27. The van der Waals surface area contributed by atoms with Crippen LogP contribution in [0.25, 0.3) is 67.3 Å². The Kier molecular flexibility index (Phi) is 6.89. The van der Waals surface area contributed by atoms with E-state index < -0.39 is 0 Å². The SMILES string of the molecule is c1ccc(-c2cc(-c3ccccc3)cc(-c3cccc(-c4cccc(-c5ncnc(-c6ccccc6)n5)c4)c3)c2)cc1. The van der Waals surface area contributed by atoms with E-state index >= 15 is 0 Å².